The van der Waals surface area contributed by atoms with E-state index in [1.807, 2.05) is 18.2 Å². The molecule has 0 spiro atoms. The number of hydrogen-bond acceptors (Lipinski definition) is 3. The quantitative estimate of drug-likeness (QED) is 0.533. The number of benzene rings is 1. The zero-order valence-corrected chi connectivity index (χ0v) is 13.9. The monoisotopic (exact) mass is 293 g/mol. The average molecular weight is 293 g/mol. The zero-order valence-electron chi connectivity index (χ0n) is 13.9. The molecule has 3 heteroatoms. The molecule has 1 aromatic rings. The van der Waals surface area contributed by atoms with Gasteiger partial charge >= 0.3 is 0 Å². The molecule has 1 aromatic carbocycles. The number of methoxy groups -OCH3 is 2. The summed E-state index contributed by atoms with van der Waals surface area (Å²) in [5.74, 6) is 1.68. The SMILES string of the molecule is CCCCCCCCCCNc1c(OC)cccc1OC. The van der Waals surface area contributed by atoms with Crippen molar-refractivity contribution < 1.29 is 9.47 Å². The fourth-order valence-electron chi connectivity index (χ4n) is 2.50. The summed E-state index contributed by atoms with van der Waals surface area (Å²) in [6, 6.07) is 5.86. The van der Waals surface area contributed by atoms with Crippen molar-refractivity contribution in [2.75, 3.05) is 26.1 Å². The van der Waals surface area contributed by atoms with Crippen LogP contribution in [-0.4, -0.2) is 20.8 Å². The van der Waals surface area contributed by atoms with Crippen LogP contribution >= 0.6 is 0 Å². The summed E-state index contributed by atoms with van der Waals surface area (Å²) in [5.41, 5.74) is 0.963. The van der Waals surface area contributed by atoms with Crippen LogP contribution in [0.3, 0.4) is 0 Å². The summed E-state index contributed by atoms with van der Waals surface area (Å²) >= 11 is 0. The molecule has 0 saturated carbocycles. The first-order valence-electron chi connectivity index (χ1n) is 8.28. The molecule has 0 aliphatic rings. The Kier molecular flexibility index (Phi) is 9.51. The van der Waals surface area contributed by atoms with Crippen LogP contribution in [-0.2, 0) is 0 Å². The van der Waals surface area contributed by atoms with Crippen LogP contribution in [0.15, 0.2) is 18.2 Å². The molecule has 21 heavy (non-hydrogen) atoms. The molecule has 0 heterocycles. The van der Waals surface area contributed by atoms with Crippen LogP contribution in [0.5, 0.6) is 11.5 Å². The van der Waals surface area contributed by atoms with E-state index in [0.717, 1.165) is 23.7 Å². The number of rotatable bonds is 12. The fourth-order valence-corrected chi connectivity index (χ4v) is 2.50. The van der Waals surface area contributed by atoms with E-state index in [9.17, 15) is 0 Å². The van der Waals surface area contributed by atoms with Gasteiger partial charge in [-0.1, -0.05) is 57.9 Å². The van der Waals surface area contributed by atoms with Crippen LogP contribution in [0.25, 0.3) is 0 Å². The Bertz CT molecular complexity index is 357. The maximum atomic E-state index is 5.38. The molecule has 0 aromatic heterocycles. The molecular formula is C18H31NO2. The minimum atomic E-state index is 0.842. The van der Waals surface area contributed by atoms with Crippen LogP contribution in [0.4, 0.5) is 5.69 Å². The highest BCUT2D eigenvalue weighted by Gasteiger charge is 2.08. The van der Waals surface area contributed by atoms with Crippen LogP contribution in [0.1, 0.15) is 58.3 Å². The minimum Gasteiger partial charge on any atom is -0.494 e. The van der Waals surface area contributed by atoms with E-state index >= 15 is 0 Å². The summed E-state index contributed by atoms with van der Waals surface area (Å²) in [6.07, 6.45) is 10.7. The summed E-state index contributed by atoms with van der Waals surface area (Å²) in [5, 5.41) is 3.44. The van der Waals surface area contributed by atoms with Crippen LogP contribution in [0, 0.1) is 0 Å². The van der Waals surface area contributed by atoms with Gasteiger partial charge in [0.05, 0.1) is 14.2 Å². The number of para-hydroxylation sites is 1. The Morgan fingerprint density at radius 3 is 1.86 bits per heavy atom. The van der Waals surface area contributed by atoms with Crippen molar-refractivity contribution in [3.63, 3.8) is 0 Å². The molecule has 0 unspecified atom stereocenters. The van der Waals surface area contributed by atoms with E-state index in [4.69, 9.17) is 9.47 Å². The van der Waals surface area contributed by atoms with Crippen molar-refractivity contribution in [3.05, 3.63) is 18.2 Å². The molecule has 0 aliphatic heterocycles. The van der Waals surface area contributed by atoms with Gasteiger partial charge in [0, 0.05) is 6.54 Å². The Morgan fingerprint density at radius 1 is 0.810 bits per heavy atom. The van der Waals surface area contributed by atoms with Gasteiger partial charge in [-0.3, -0.25) is 0 Å². The van der Waals surface area contributed by atoms with Crippen molar-refractivity contribution in [2.24, 2.45) is 0 Å². The lowest BCUT2D eigenvalue weighted by Gasteiger charge is -2.14. The number of hydrogen-bond donors (Lipinski definition) is 1. The van der Waals surface area contributed by atoms with Crippen molar-refractivity contribution in [3.8, 4) is 11.5 Å². The molecular weight excluding hydrogens is 262 g/mol. The molecule has 0 saturated heterocycles. The minimum absolute atomic E-state index is 0.842. The third-order valence-electron chi connectivity index (χ3n) is 3.76. The molecule has 1 N–H and O–H groups in total. The molecule has 0 atom stereocenters. The zero-order chi connectivity index (χ0) is 15.3. The van der Waals surface area contributed by atoms with E-state index < -0.39 is 0 Å². The molecule has 0 amide bonds. The Labute approximate surface area is 130 Å². The van der Waals surface area contributed by atoms with Crippen molar-refractivity contribution in [1.29, 1.82) is 0 Å². The van der Waals surface area contributed by atoms with E-state index in [0.29, 0.717) is 0 Å². The van der Waals surface area contributed by atoms with E-state index in [1.165, 1.54) is 51.4 Å². The number of nitrogens with one attached hydrogen (secondary N) is 1. The van der Waals surface area contributed by atoms with Gasteiger partial charge in [0.1, 0.15) is 17.2 Å². The Balaban J connectivity index is 2.20. The average Bonchev–Trinajstić information content (AvgIpc) is 2.53. The second-order valence-corrected chi connectivity index (χ2v) is 5.44. The van der Waals surface area contributed by atoms with Crippen molar-refractivity contribution in [1.82, 2.24) is 0 Å². The second-order valence-electron chi connectivity index (χ2n) is 5.44. The summed E-state index contributed by atoms with van der Waals surface area (Å²) in [6.45, 7) is 3.23. The topological polar surface area (TPSA) is 30.5 Å². The molecule has 0 bridgehead atoms. The van der Waals surface area contributed by atoms with Gasteiger partial charge in [0.15, 0.2) is 0 Å². The van der Waals surface area contributed by atoms with Gasteiger partial charge in [-0.25, -0.2) is 0 Å². The molecule has 120 valence electrons. The normalized spacial score (nSPS) is 10.4. The third kappa shape index (κ3) is 6.74. The number of ether oxygens (including phenoxy) is 2. The van der Waals surface area contributed by atoms with E-state index in [-0.39, 0.29) is 0 Å². The fraction of sp³-hybridized carbons (Fsp3) is 0.667. The maximum Gasteiger partial charge on any atom is 0.145 e. The van der Waals surface area contributed by atoms with Crippen molar-refractivity contribution in [2.45, 2.75) is 58.3 Å². The van der Waals surface area contributed by atoms with Gasteiger partial charge in [-0.15, -0.1) is 0 Å². The summed E-state index contributed by atoms with van der Waals surface area (Å²) in [4.78, 5) is 0. The largest absolute Gasteiger partial charge is 0.494 e. The van der Waals surface area contributed by atoms with Crippen molar-refractivity contribution >= 4 is 5.69 Å². The molecule has 1 rings (SSSR count). The number of anilines is 1. The van der Waals surface area contributed by atoms with E-state index in [1.54, 1.807) is 14.2 Å². The number of unbranched alkanes of at least 4 members (excludes halogenated alkanes) is 7. The smallest absolute Gasteiger partial charge is 0.145 e. The molecule has 0 radical (unpaired) electrons. The summed E-state index contributed by atoms with van der Waals surface area (Å²) < 4.78 is 10.8. The lowest BCUT2D eigenvalue weighted by Crippen LogP contribution is -2.05. The second kappa shape index (κ2) is 11.3. The predicted octanol–water partition coefficient (Wildman–Crippen LogP) is 5.26. The van der Waals surface area contributed by atoms with Crippen LogP contribution < -0.4 is 14.8 Å². The van der Waals surface area contributed by atoms with Crippen LogP contribution in [0.2, 0.25) is 0 Å². The highest BCUT2D eigenvalue weighted by Crippen LogP contribution is 2.33. The van der Waals surface area contributed by atoms with Gasteiger partial charge in [-0.2, -0.15) is 0 Å². The first-order valence-corrected chi connectivity index (χ1v) is 8.28. The third-order valence-corrected chi connectivity index (χ3v) is 3.76. The highest BCUT2D eigenvalue weighted by molar-refractivity contribution is 5.66. The maximum absolute atomic E-state index is 5.38. The van der Waals surface area contributed by atoms with Gasteiger partial charge in [0.25, 0.3) is 0 Å². The lowest BCUT2D eigenvalue weighted by molar-refractivity contribution is 0.397. The molecule has 0 aliphatic carbocycles. The first kappa shape index (κ1) is 17.7. The Hall–Kier alpha value is -1.38. The highest BCUT2D eigenvalue weighted by atomic mass is 16.5. The summed E-state index contributed by atoms with van der Waals surface area (Å²) in [7, 11) is 3.38. The first-order chi connectivity index (χ1) is 10.3. The predicted molar refractivity (Wildman–Crippen MR) is 90.6 cm³/mol. The van der Waals surface area contributed by atoms with Gasteiger partial charge in [0.2, 0.25) is 0 Å². The van der Waals surface area contributed by atoms with Gasteiger partial charge < -0.3 is 14.8 Å². The standard InChI is InChI=1S/C18H31NO2/c1-4-5-6-7-8-9-10-11-15-19-18-16(20-2)13-12-14-17(18)21-3/h12-14,19H,4-11,15H2,1-3H3. The Morgan fingerprint density at radius 2 is 1.33 bits per heavy atom. The lowest BCUT2D eigenvalue weighted by atomic mass is 10.1. The van der Waals surface area contributed by atoms with E-state index in [2.05, 4.69) is 12.2 Å². The van der Waals surface area contributed by atoms with Gasteiger partial charge in [-0.05, 0) is 18.6 Å². The molecule has 0 fully saturated rings. The molecule has 3 nitrogen and oxygen atoms in total.